The summed E-state index contributed by atoms with van der Waals surface area (Å²) in [5.41, 5.74) is 2.72. The van der Waals surface area contributed by atoms with Crippen molar-refractivity contribution in [3.05, 3.63) is 47.0 Å². The molecule has 0 spiro atoms. The molecule has 1 amide bonds. The topological polar surface area (TPSA) is 57.2 Å². The molecule has 1 aliphatic heterocycles. The number of rotatable bonds is 6. The van der Waals surface area contributed by atoms with Crippen LogP contribution in [0.4, 0.5) is 0 Å². The van der Waals surface area contributed by atoms with Gasteiger partial charge in [-0.3, -0.25) is 4.79 Å². The van der Waals surface area contributed by atoms with Gasteiger partial charge in [0.15, 0.2) is 23.0 Å². The average molecular weight is 388 g/mol. The quantitative estimate of drug-likeness (QED) is 0.759. The number of amides is 1. The predicted molar refractivity (Wildman–Crippen MR) is 107 cm³/mol. The maximum atomic E-state index is 12.8. The molecule has 150 valence electrons. The van der Waals surface area contributed by atoms with Gasteiger partial charge >= 0.3 is 0 Å². The van der Waals surface area contributed by atoms with Gasteiger partial charge < -0.3 is 23.8 Å². The zero-order valence-electron chi connectivity index (χ0n) is 19.6. The van der Waals surface area contributed by atoms with E-state index in [0.29, 0.717) is 42.4 Å². The van der Waals surface area contributed by atoms with E-state index in [9.17, 15) is 4.79 Å². The highest BCUT2D eigenvalue weighted by molar-refractivity contribution is 5.74. The molecule has 0 fully saturated rings. The van der Waals surface area contributed by atoms with Crippen LogP contribution in [0.3, 0.4) is 0 Å². The fourth-order valence-electron chi connectivity index (χ4n) is 3.72. The fraction of sp³-hybridized carbons (Fsp3) is 0.409. The molecule has 3 rings (SSSR count). The summed E-state index contributed by atoms with van der Waals surface area (Å²) in [4.78, 5) is 14.2. The van der Waals surface area contributed by atoms with Crippen molar-refractivity contribution in [3.63, 3.8) is 0 Å². The molecule has 6 nitrogen and oxygen atoms in total. The molecule has 0 N–H and O–H groups in total. The first-order valence-corrected chi connectivity index (χ1v) is 9.00. The third-order valence-electron chi connectivity index (χ3n) is 5.14. The number of ether oxygens (including phenoxy) is 4. The maximum absolute atomic E-state index is 12.8. The molecule has 2 aromatic rings. The molecule has 1 heterocycles. The maximum Gasteiger partial charge on any atom is 0.219 e. The van der Waals surface area contributed by atoms with Crippen LogP contribution < -0.4 is 18.9 Å². The third kappa shape index (κ3) is 3.72. The highest BCUT2D eigenvalue weighted by Gasteiger charge is 2.31. The van der Waals surface area contributed by atoms with Crippen LogP contribution in [0.5, 0.6) is 23.0 Å². The van der Waals surface area contributed by atoms with Crippen LogP contribution >= 0.6 is 0 Å². The van der Waals surface area contributed by atoms with Crippen molar-refractivity contribution in [2.24, 2.45) is 0 Å². The van der Waals surface area contributed by atoms with Crippen LogP contribution in [0.1, 0.15) is 33.7 Å². The number of carbonyl (C=O) groups excluding carboxylic acids is 1. The summed E-state index contributed by atoms with van der Waals surface area (Å²) in [6.45, 7) is -2.42. The Kier molecular flexibility index (Phi) is 4.84. The Morgan fingerprint density at radius 3 is 2.29 bits per heavy atom. The Balaban J connectivity index is 2.08. The van der Waals surface area contributed by atoms with E-state index in [1.807, 2.05) is 24.3 Å². The van der Waals surface area contributed by atoms with Gasteiger partial charge in [-0.1, -0.05) is 6.07 Å². The first kappa shape index (κ1) is 16.1. The summed E-state index contributed by atoms with van der Waals surface area (Å²) in [5, 5.41) is 0. The van der Waals surface area contributed by atoms with Gasteiger partial charge in [0.25, 0.3) is 0 Å². The Labute approximate surface area is 170 Å². The number of hydrogen-bond donors (Lipinski definition) is 0. The first-order chi connectivity index (χ1) is 14.7. The van der Waals surface area contributed by atoms with Gasteiger partial charge in [0, 0.05) is 17.5 Å². The van der Waals surface area contributed by atoms with Crippen molar-refractivity contribution in [2.75, 3.05) is 35.0 Å². The molecule has 2 aromatic carbocycles. The van der Waals surface area contributed by atoms with E-state index >= 15 is 0 Å². The second-order valence-electron chi connectivity index (χ2n) is 6.56. The predicted octanol–water partition coefficient (Wildman–Crippen LogP) is 3.41. The lowest BCUT2D eigenvalue weighted by atomic mass is 9.88. The monoisotopic (exact) mass is 388 g/mol. The molecule has 28 heavy (non-hydrogen) atoms. The Hall–Kier alpha value is -2.89. The Morgan fingerprint density at radius 2 is 1.64 bits per heavy atom. The minimum Gasteiger partial charge on any atom is -0.493 e. The average Bonchev–Trinajstić information content (AvgIpc) is 2.77. The van der Waals surface area contributed by atoms with Gasteiger partial charge in [0.1, 0.15) is 0 Å². The summed E-state index contributed by atoms with van der Waals surface area (Å²) < 4.78 is 44.5. The number of nitrogens with zero attached hydrogens (tertiary/aromatic N) is 1. The van der Waals surface area contributed by atoms with E-state index in [2.05, 4.69) is 0 Å². The van der Waals surface area contributed by atoms with Gasteiger partial charge in [0.05, 0.1) is 34.5 Å². The van der Waals surface area contributed by atoms with Crippen molar-refractivity contribution in [1.29, 1.82) is 0 Å². The minimum atomic E-state index is -2.72. The second kappa shape index (κ2) is 8.42. The van der Waals surface area contributed by atoms with E-state index in [0.717, 1.165) is 16.7 Å². The van der Waals surface area contributed by atoms with E-state index in [1.165, 1.54) is 4.90 Å². The Morgan fingerprint density at radius 1 is 1.00 bits per heavy atom. The van der Waals surface area contributed by atoms with E-state index in [4.69, 9.17) is 23.1 Å². The van der Waals surface area contributed by atoms with Gasteiger partial charge in [-0.15, -0.1) is 0 Å². The summed E-state index contributed by atoms with van der Waals surface area (Å²) >= 11 is 0. The van der Waals surface area contributed by atoms with Crippen molar-refractivity contribution >= 4 is 5.91 Å². The number of hydrogen-bond acceptors (Lipinski definition) is 5. The molecule has 6 heteroatoms. The molecule has 0 saturated carbocycles. The van der Waals surface area contributed by atoms with E-state index in [-0.39, 0.29) is 0 Å². The van der Waals surface area contributed by atoms with Gasteiger partial charge in [-0.05, 0) is 53.8 Å². The summed E-state index contributed by atoms with van der Waals surface area (Å²) in [6.07, 6.45) is 0.935. The lowest BCUT2D eigenvalue weighted by Gasteiger charge is -2.37. The van der Waals surface area contributed by atoms with Crippen molar-refractivity contribution < 1.29 is 27.9 Å². The highest BCUT2D eigenvalue weighted by atomic mass is 16.5. The van der Waals surface area contributed by atoms with E-state index < -0.39 is 18.8 Å². The molecule has 0 aliphatic carbocycles. The third-order valence-corrected chi connectivity index (χ3v) is 5.14. The number of methoxy groups -OCH3 is 4. The standard InChI is InChI=1S/C22H27NO5/c1-14(24)23-9-8-16-12-21(27-4)22(28-5)13-17(16)18(23)10-15-6-7-19(25-2)20(11-15)26-3/h6-7,11-13,18H,8-10H2,1-5H3/i1D3. The van der Waals surface area contributed by atoms with Gasteiger partial charge in [-0.2, -0.15) is 0 Å². The SMILES string of the molecule is [2H]C([2H])([2H])C(=O)N1CCc2cc(OC)c(OC)cc2C1Cc1ccc(OC)c(OC)c1. The zero-order valence-corrected chi connectivity index (χ0v) is 16.6. The lowest BCUT2D eigenvalue weighted by molar-refractivity contribution is -0.131. The van der Waals surface area contributed by atoms with Crippen molar-refractivity contribution in [2.45, 2.75) is 25.7 Å². The minimum absolute atomic E-state index is 0.303. The first-order valence-electron chi connectivity index (χ1n) is 10.5. The fourth-order valence-corrected chi connectivity index (χ4v) is 3.72. The number of benzene rings is 2. The molecular formula is C22H27NO5. The summed E-state index contributed by atoms with van der Waals surface area (Å²) in [7, 11) is 6.23. The lowest BCUT2D eigenvalue weighted by Crippen LogP contribution is -2.39. The van der Waals surface area contributed by atoms with Crippen LogP contribution in [-0.2, 0) is 17.6 Å². The molecule has 1 atom stereocenters. The highest BCUT2D eigenvalue weighted by Crippen LogP contribution is 2.40. The van der Waals surface area contributed by atoms with Crippen LogP contribution in [0.15, 0.2) is 30.3 Å². The Bertz CT molecular complexity index is 961. The largest absolute Gasteiger partial charge is 0.493 e. The van der Waals surface area contributed by atoms with Gasteiger partial charge in [-0.25, -0.2) is 0 Å². The molecule has 0 aromatic heterocycles. The zero-order chi connectivity index (χ0) is 22.8. The van der Waals surface area contributed by atoms with Crippen molar-refractivity contribution in [1.82, 2.24) is 4.90 Å². The normalized spacial score (nSPS) is 17.6. The van der Waals surface area contributed by atoms with Crippen LogP contribution in [0.2, 0.25) is 0 Å². The van der Waals surface area contributed by atoms with Gasteiger partial charge in [0.2, 0.25) is 5.91 Å². The molecule has 0 bridgehead atoms. The molecule has 0 radical (unpaired) electrons. The van der Waals surface area contributed by atoms with Crippen LogP contribution in [0, 0.1) is 0 Å². The second-order valence-corrected chi connectivity index (χ2v) is 6.56. The molecule has 0 saturated heterocycles. The smallest absolute Gasteiger partial charge is 0.219 e. The van der Waals surface area contributed by atoms with Crippen molar-refractivity contribution in [3.8, 4) is 23.0 Å². The summed E-state index contributed by atoms with van der Waals surface area (Å²) in [5.74, 6) is 1.43. The molecular weight excluding hydrogens is 358 g/mol. The van der Waals surface area contributed by atoms with Crippen LogP contribution in [-0.4, -0.2) is 45.8 Å². The van der Waals surface area contributed by atoms with Crippen LogP contribution in [0.25, 0.3) is 0 Å². The molecule has 1 unspecified atom stereocenters. The number of carbonyl (C=O) groups is 1. The summed E-state index contributed by atoms with van der Waals surface area (Å²) in [6, 6.07) is 8.77. The molecule has 1 aliphatic rings. The van der Waals surface area contributed by atoms with E-state index in [1.54, 1.807) is 34.5 Å². The number of fused-ring (bicyclic) bond motifs is 1.